The number of aromatic hydroxyl groups is 1. The van der Waals surface area contributed by atoms with Crippen molar-refractivity contribution >= 4 is 17.1 Å². The van der Waals surface area contributed by atoms with Gasteiger partial charge in [0.1, 0.15) is 5.75 Å². The van der Waals surface area contributed by atoms with Gasteiger partial charge in [0.2, 0.25) is 11.5 Å². The lowest BCUT2D eigenvalue weighted by Crippen LogP contribution is -2.02. The zero-order valence-corrected chi connectivity index (χ0v) is 15.4. The summed E-state index contributed by atoms with van der Waals surface area (Å²) >= 11 is 1.36. The van der Waals surface area contributed by atoms with Crippen molar-refractivity contribution in [3.8, 4) is 34.1 Å². The van der Waals surface area contributed by atoms with E-state index < -0.39 is 0 Å². The molecule has 3 rings (SSSR count). The number of phenolic OH excluding ortho intramolecular Hbond substituents is 1. The Morgan fingerprint density at radius 2 is 1.50 bits per heavy atom. The number of carbonyl (C=O) groups excluding carboxylic acids is 1. The van der Waals surface area contributed by atoms with E-state index in [1.807, 2.05) is 23.6 Å². The van der Waals surface area contributed by atoms with Gasteiger partial charge in [-0.25, -0.2) is 0 Å². The van der Waals surface area contributed by atoms with Crippen molar-refractivity contribution < 1.29 is 24.1 Å². The fourth-order valence-electron chi connectivity index (χ4n) is 2.62. The molecule has 0 saturated heterocycles. The van der Waals surface area contributed by atoms with E-state index in [0.717, 1.165) is 11.1 Å². The predicted octanol–water partition coefficient (Wildman–Crippen LogP) is 4.38. The van der Waals surface area contributed by atoms with Crippen LogP contribution in [0.5, 0.6) is 23.0 Å². The van der Waals surface area contributed by atoms with Gasteiger partial charge >= 0.3 is 0 Å². The molecule has 0 aliphatic heterocycles. The molecule has 0 unspecified atom stereocenters. The molecule has 3 aromatic rings. The van der Waals surface area contributed by atoms with Crippen LogP contribution in [-0.2, 0) is 0 Å². The number of rotatable bonds is 6. The third-order valence-electron chi connectivity index (χ3n) is 3.95. The first kappa shape index (κ1) is 17.8. The Morgan fingerprint density at radius 3 is 2.04 bits per heavy atom. The first-order valence-corrected chi connectivity index (χ1v) is 8.68. The maximum atomic E-state index is 12.9. The van der Waals surface area contributed by atoms with Crippen molar-refractivity contribution in [1.82, 2.24) is 0 Å². The van der Waals surface area contributed by atoms with Crippen LogP contribution in [0.15, 0.2) is 47.8 Å². The molecule has 0 fully saturated rings. The lowest BCUT2D eigenvalue weighted by atomic mass is 10.1. The van der Waals surface area contributed by atoms with Crippen LogP contribution in [0.2, 0.25) is 0 Å². The molecule has 0 spiro atoms. The molecule has 0 bridgehead atoms. The van der Waals surface area contributed by atoms with E-state index in [4.69, 9.17) is 14.2 Å². The molecule has 1 heterocycles. The van der Waals surface area contributed by atoms with Gasteiger partial charge in [-0.15, -0.1) is 11.3 Å². The quantitative estimate of drug-likeness (QED) is 0.653. The number of ether oxygens (including phenoxy) is 3. The molecule has 0 radical (unpaired) electrons. The molecule has 6 heteroatoms. The van der Waals surface area contributed by atoms with E-state index in [2.05, 4.69) is 0 Å². The minimum Gasteiger partial charge on any atom is -0.508 e. The highest BCUT2D eigenvalue weighted by Gasteiger charge is 2.19. The van der Waals surface area contributed by atoms with Crippen LogP contribution in [-0.4, -0.2) is 32.2 Å². The average Bonchev–Trinajstić information content (AvgIpc) is 3.16. The van der Waals surface area contributed by atoms with Gasteiger partial charge in [0.15, 0.2) is 11.5 Å². The molecule has 0 aliphatic rings. The predicted molar refractivity (Wildman–Crippen MR) is 101 cm³/mol. The highest BCUT2D eigenvalue weighted by atomic mass is 32.1. The molecule has 26 heavy (non-hydrogen) atoms. The van der Waals surface area contributed by atoms with Crippen molar-refractivity contribution in [2.24, 2.45) is 0 Å². The Bertz CT molecular complexity index is 903. The van der Waals surface area contributed by atoms with Crippen LogP contribution in [0.25, 0.3) is 11.1 Å². The van der Waals surface area contributed by atoms with Crippen LogP contribution >= 0.6 is 11.3 Å². The first-order chi connectivity index (χ1) is 12.6. The molecule has 0 amide bonds. The highest BCUT2D eigenvalue weighted by molar-refractivity contribution is 7.12. The Morgan fingerprint density at radius 1 is 0.885 bits per heavy atom. The summed E-state index contributed by atoms with van der Waals surface area (Å²) in [6, 6.07) is 12.0. The maximum Gasteiger partial charge on any atom is 0.203 e. The number of ketones is 1. The number of methoxy groups -OCH3 is 3. The summed E-state index contributed by atoms with van der Waals surface area (Å²) in [6.07, 6.45) is 0. The number of carbonyl (C=O) groups is 1. The lowest BCUT2D eigenvalue weighted by Gasteiger charge is -2.13. The third kappa shape index (κ3) is 3.36. The van der Waals surface area contributed by atoms with E-state index in [0.29, 0.717) is 27.7 Å². The van der Waals surface area contributed by atoms with Gasteiger partial charge in [0.05, 0.1) is 26.2 Å². The van der Waals surface area contributed by atoms with Crippen molar-refractivity contribution in [1.29, 1.82) is 0 Å². The molecular formula is C20H18O5S. The number of thiophene rings is 1. The van der Waals surface area contributed by atoms with Crippen molar-refractivity contribution in [2.45, 2.75) is 0 Å². The van der Waals surface area contributed by atoms with E-state index in [9.17, 15) is 9.90 Å². The molecule has 0 atom stereocenters. The topological polar surface area (TPSA) is 65.0 Å². The van der Waals surface area contributed by atoms with Gasteiger partial charge in [-0.1, -0.05) is 12.1 Å². The molecule has 1 aromatic heterocycles. The molecule has 2 aromatic carbocycles. The van der Waals surface area contributed by atoms with Gasteiger partial charge in [0.25, 0.3) is 0 Å². The number of benzene rings is 2. The minimum atomic E-state index is -0.126. The van der Waals surface area contributed by atoms with E-state index in [1.54, 1.807) is 24.3 Å². The SMILES string of the molecule is COc1cc(C(=O)c2cc(-c3ccc(O)cc3)cs2)cc(OC)c1OC. The van der Waals surface area contributed by atoms with Crippen LogP contribution in [0.4, 0.5) is 0 Å². The van der Waals surface area contributed by atoms with Crippen molar-refractivity contribution in [3.63, 3.8) is 0 Å². The second-order valence-electron chi connectivity index (χ2n) is 5.49. The molecule has 5 nitrogen and oxygen atoms in total. The average molecular weight is 370 g/mol. The van der Waals surface area contributed by atoms with Gasteiger partial charge < -0.3 is 19.3 Å². The summed E-state index contributed by atoms with van der Waals surface area (Å²) in [6.45, 7) is 0. The standard InChI is InChI=1S/C20H18O5S/c1-23-16-8-13(9-17(24-2)20(16)25-3)19(22)18-10-14(11-26-18)12-4-6-15(21)7-5-12/h4-11,21H,1-3H3. The fourth-order valence-corrected chi connectivity index (χ4v) is 3.49. The lowest BCUT2D eigenvalue weighted by molar-refractivity contribution is 0.104. The second kappa shape index (κ2) is 7.49. The Labute approximate surface area is 155 Å². The number of phenols is 1. The number of hydrogen-bond acceptors (Lipinski definition) is 6. The fraction of sp³-hybridized carbons (Fsp3) is 0.150. The molecule has 1 N–H and O–H groups in total. The van der Waals surface area contributed by atoms with E-state index >= 15 is 0 Å². The van der Waals surface area contributed by atoms with Gasteiger partial charge in [-0.3, -0.25) is 4.79 Å². The maximum absolute atomic E-state index is 12.9. The zero-order chi connectivity index (χ0) is 18.7. The largest absolute Gasteiger partial charge is 0.508 e. The summed E-state index contributed by atoms with van der Waals surface area (Å²) in [4.78, 5) is 13.5. The zero-order valence-electron chi connectivity index (χ0n) is 14.6. The summed E-state index contributed by atoms with van der Waals surface area (Å²) in [5.74, 6) is 1.40. The Kier molecular flexibility index (Phi) is 5.14. The van der Waals surface area contributed by atoms with Gasteiger partial charge in [0, 0.05) is 5.56 Å². The highest BCUT2D eigenvalue weighted by Crippen LogP contribution is 2.39. The second-order valence-corrected chi connectivity index (χ2v) is 6.40. The minimum absolute atomic E-state index is 0.126. The monoisotopic (exact) mass is 370 g/mol. The van der Waals surface area contributed by atoms with Crippen molar-refractivity contribution in [2.75, 3.05) is 21.3 Å². The van der Waals surface area contributed by atoms with Crippen LogP contribution < -0.4 is 14.2 Å². The van der Waals surface area contributed by atoms with E-state index in [-0.39, 0.29) is 11.5 Å². The third-order valence-corrected chi connectivity index (χ3v) is 4.88. The van der Waals surface area contributed by atoms with Crippen molar-refractivity contribution in [3.05, 3.63) is 58.3 Å². The summed E-state index contributed by atoms with van der Waals surface area (Å²) in [7, 11) is 4.55. The Balaban J connectivity index is 1.96. The molecule has 134 valence electrons. The van der Waals surface area contributed by atoms with Gasteiger partial charge in [-0.05, 0) is 46.8 Å². The van der Waals surface area contributed by atoms with Crippen LogP contribution in [0, 0.1) is 0 Å². The normalized spacial score (nSPS) is 10.4. The van der Waals surface area contributed by atoms with Crippen LogP contribution in [0.3, 0.4) is 0 Å². The van der Waals surface area contributed by atoms with Crippen LogP contribution in [0.1, 0.15) is 15.2 Å². The summed E-state index contributed by atoms with van der Waals surface area (Å²) in [5.41, 5.74) is 2.31. The number of hydrogen-bond donors (Lipinski definition) is 1. The molecule has 0 saturated carbocycles. The summed E-state index contributed by atoms with van der Waals surface area (Å²) < 4.78 is 15.9. The first-order valence-electron chi connectivity index (χ1n) is 7.80. The molecular weight excluding hydrogens is 352 g/mol. The van der Waals surface area contributed by atoms with Gasteiger partial charge in [-0.2, -0.15) is 0 Å². The molecule has 0 aliphatic carbocycles. The summed E-state index contributed by atoms with van der Waals surface area (Å²) in [5, 5.41) is 11.3. The smallest absolute Gasteiger partial charge is 0.203 e. The van der Waals surface area contributed by atoms with E-state index in [1.165, 1.54) is 32.7 Å². The Hall–Kier alpha value is -2.99.